The highest BCUT2D eigenvalue weighted by Crippen LogP contribution is 2.09. The maximum absolute atomic E-state index is 13.7. The normalized spacial score (nSPS) is 14.8. The standard InChI is InChI=1S/C38H64N12O13S/c1-19(2)30(37(61)48-26(14-21-16-42-18-43-21)35(59)47-25(38(62)63)9-5-7-13-40)50-36(60)27(17-64)49-31(55)20(3)44-33(57)24(10-11-28(51)52)46-34(58)23(8-4-6-12-39)45-32(56)22(41)15-29(53)54/h16,18-20,22-27,30,64H,4-15,17,39-41H2,1-3H3,(H,42,43)(H,44,57)(H,45,56)(H,46,58)(H,47,59)(H,48,61)(H,49,55)(H,50,60)(H,51,52)(H,53,54)(H,62,63)/t20-,22-,23-,24-,25-,26-,27-,30-/m0/s1. The molecule has 26 heteroatoms. The van der Waals surface area contributed by atoms with Gasteiger partial charge in [-0.05, 0) is 70.9 Å². The SMILES string of the molecule is CC(C)[C@H](NC(=O)[C@H](CS)NC(=O)[C@H](C)NC(=O)[C@H](CCC(=O)O)NC(=O)[C@H](CCCCN)NC(=O)[C@@H](N)CC(=O)O)C(=O)N[C@@H](Cc1cnc[nH]1)C(=O)N[C@@H](CCCCN)C(=O)O. The van der Waals surface area contributed by atoms with Crippen LogP contribution in [-0.4, -0.2) is 152 Å². The number of imidazole rings is 1. The van der Waals surface area contributed by atoms with Gasteiger partial charge < -0.3 is 74.7 Å². The smallest absolute Gasteiger partial charge is 0.326 e. The number of thiol groups is 1. The van der Waals surface area contributed by atoms with Crippen molar-refractivity contribution in [2.75, 3.05) is 18.8 Å². The minimum atomic E-state index is -1.56. The molecule has 0 unspecified atom stereocenters. The number of carbonyl (C=O) groups excluding carboxylic acids is 7. The molecule has 17 N–H and O–H groups in total. The van der Waals surface area contributed by atoms with E-state index in [0.717, 1.165) is 0 Å². The van der Waals surface area contributed by atoms with Crippen LogP contribution in [0.2, 0.25) is 0 Å². The lowest BCUT2D eigenvalue weighted by atomic mass is 10.0. The van der Waals surface area contributed by atoms with Crippen LogP contribution in [0, 0.1) is 5.92 Å². The lowest BCUT2D eigenvalue weighted by Gasteiger charge is -2.28. The first-order valence-electron chi connectivity index (χ1n) is 20.7. The summed E-state index contributed by atoms with van der Waals surface area (Å²) >= 11 is 4.17. The van der Waals surface area contributed by atoms with E-state index in [2.05, 4.69) is 59.8 Å². The summed E-state index contributed by atoms with van der Waals surface area (Å²) in [6, 6.07) is -11.1. The number of carboxylic acids is 3. The van der Waals surface area contributed by atoms with Crippen LogP contribution in [0.15, 0.2) is 12.5 Å². The number of nitrogens with one attached hydrogen (secondary N) is 8. The second kappa shape index (κ2) is 29.5. The molecule has 25 nitrogen and oxygen atoms in total. The quantitative estimate of drug-likeness (QED) is 0.0242. The lowest BCUT2D eigenvalue weighted by Crippen LogP contribution is -2.61. The first-order chi connectivity index (χ1) is 30.1. The summed E-state index contributed by atoms with van der Waals surface area (Å²) in [5.74, 6) is -11.2. The summed E-state index contributed by atoms with van der Waals surface area (Å²) < 4.78 is 0. The predicted molar refractivity (Wildman–Crippen MR) is 231 cm³/mol. The van der Waals surface area contributed by atoms with Gasteiger partial charge in [0.2, 0.25) is 41.4 Å². The number of unbranched alkanes of at least 4 members (excludes halogenated alkanes) is 2. The molecule has 7 amide bonds. The molecule has 0 aliphatic carbocycles. The summed E-state index contributed by atoms with van der Waals surface area (Å²) in [5.41, 5.74) is 17.1. The molecule has 0 radical (unpaired) electrons. The van der Waals surface area contributed by atoms with Crippen LogP contribution in [0.4, 0.5) is 0 Å². The molecule has 64 heavy (non-hydrogen) atoms. The fourth-order valence-electron chi connectivity index (χ4n) is 5.90. The third-order valence-corrected chi connectivity index (χ3v) is 9.94. The largest absolute Gasteiger partial charge is 0.481 e. The van der Waals surface area contributed by atoms with Gasteiger partial charge in [0, 0.05) is 30.5 Å². The number of carbonyl (C=O) groups is 10. The van der Waals surface area contributed by atoms with Gasteiger partial charge in [-0.15, -0.1) is 0 Å². The monoisotopic (exact) mass is 928 g/mol. The van der Waals surface area contributed by atoms with Gasteiger partial charge in [-0.2, -0.15) is 12.6 Å². The van der Waals surface area contributed by atoms with Crippen LogP contribution in [0.25, 0.3) is 0 Å². The van der Waals surface area contributed by atoms with Crippen LogP contribution in [-0.2, 0) is 54.4 Å². The van der Waals surface area contributed by atoms with Crippen molar-refractivity contribution < 1.29 is 63.3 Å². The van der Waals surface area contributed by atoms with Crippen molar-refractivity contribution in [3.8, 4) is 0 Å². The molecule has 0 saturated carbocycles. The molecule has 0 saturated heterocycles. The molecular weight excluding hydrogens is 865 g/mol. The van der Waals surface area contributed by atoms with Gasteiger partial charge in [0.1, 0.15) is 42.3 Å². The van der Waals surface area contributed by atoms with Crippen LogP contribution in [0.5, 0.6) is 0 Å². The Hall–Kier alpha value is -5.86. The first kappa shape index (κ1) is 56.2. The summed E-state index contributed by atoms with van der Waals surface area (Å²) in [4.78, 5) is 134. The van der Waals surface area contributed by atoms with Gasteiger partial charge in [0.25, 0.3) is 0 Å². The van der Waals surface area contributed by atoms with Crippen LogP contribution in [0.1, 0.15) is 84.3 Å². The maximum Gasteiger partial charge on any atom is 0.326 e. The Labute approximate surface area is 375 Å². The van der Waals surface area contributed by atoms with Gasteiger partial charge in [-0.3, -0.25) is 43.2 Å². The van der Waals surface area contributed by atoms with Crippen molar-refractivity contribution in [3.63, 3.8) is 0 Å². The Morgan fingerprint density at radius 1 is 0.625 bits per heavy atom. The van der Waals surface area contributed by atoms with E-state index in [-0.39, 0.29) is 31.6 Å². The zero-order valence-electron chi connectivity index (χ0n) is 36.1. The third kappa shape index (κ3) is 21.0. The Morgan fingerprint density at radius 2 is 1.12 bits per heavy atom. The number of aromatic nitrogens is 2. The minimum absolute atomic E-state index is 0.00255. The number of rotatable bonds is 32. The Bertz CT molecular complexity index is 1740. The van der Waals surface area contributed by atoms with Crippen molar-refractivity contribution in [2.24, 2.45) is 23.1 Å². The Morgan fingerprint density at radius 3 is 1.64 bits per heavy atom. The number of aliphatic carboxylic acids is 3. The van der Waals surface area contributed by atoms with Gasteiger partial charge in [0.15, 0.2) is 0 Å². The van der Waals surface area contributed by atoms with Crippen molar-refractivity contribution in [1.82, 2.24) is 47.2 Å². The van der Waals surface area contributed by atoms with Gasteiger partial charge in [-0.1, -0.05) is 13.8 Å². The highest BCUT2D eigenvalue weighted by atomic mass is 32.1. The van der Waals surface area contributed by atoms with Crippen molar-refractivity contribution in [1.29, 1.82) is 0 Å². The van der Waals surface area contributed by atoms with Crippen molar-refractivity contribution in [2.45, 2.75) is 133 Å². The molecule has 360 valence electrons. The van der Waals surface area contributed by atoms with Gasteiger partial charge in [-0.25, -0.2) is 9.78 Å². The third-order valence-electron chi connectivity index (χ3n) is 9.58. The molecule has 1 heterocycles. The van der Waals surface area contributed by atoms with Gasteiger partial charge >= 0.3 is 17.9 Å². The van der Waals surface area contributed by atoms with Crippen LogP contribution < -0.4 is 54.4 Å². The van der Waals surface area contributed by atoms with E-state index in [0.29, 0.717) is 37.9 Å². The molecule has 1 aromatic heterocycles. The average Bonchev–Trinajstić information content (AvgIpc) is 3.74. The molecule has 0 bridgehead atoms. The number of nitrogens with two attached hydrogens (primary N) is 3. The Balaban J connectivity index is 3.14. The molecule has 8 atom stereocenters. The van der Waals surface area contributed by atoms with Crippen molar-refractivity contribution in [3.05, 3.63) is 18.2 Å². The lowest BCUT2D eigenvalue weighted by molar-refractivity contribution is -0.142. The van der Waals surface area contributed by atoms with E-state index in [4.69, 9.17) is 22.3 Å². The second-order valence-corrected chi connectivity index (χ2v) is 15.6. The molecule has 0 spiro atoms. The number of aromatic amines is 1. The molecule has 0 aliphatic heterocycles. The summed E-state index contributed by atoms with van der Waals surface area (Å²) in [6.45, 7) is 5.01. The van der Waals surface area contributed by atoms with E-state index in [1.165, 1.54) is 19.4 Å². The number of H-pyrrole nitrogens is 1. The second-order valence-electron chi connectivity index (χ2n) is 15.3. The topological polar surface area (TPSA) is 422 Å². The molecule has 1 aromatic rings. The molecule has 0 aromatic carbocycles. The number of carboxylic acid groups (broad SMARTS) is 3. The highest BCUT2D eigenvalue weighted by Gasteiger charge is 2.34. The van der Waals surface area contributed by atoms with Crippen LogP contribution in [0.3, 0.4) is 0 Å². The fourth-order valence-corrected chi connectivity index (χ4v) is 6.16. The number of nitrogens with zero attached hydrogens (tertiary/aromatic N) is 1. The number of hydrogen-bond acceptors (Lipinski definition) is 15. The summed E-state index contributed by atoms with van der Waals surface area (Å²) in [5, 5.41) is 45.1. The predicted octanol–water partition coefficient (Wildman–Crippen LogP) is -4.04. The zero-order chi connectivity index (χ0) is 48.5. The molecule has 0 fully saturated rings. The minimum Gasteiger partial charge on any atom is -0.481 e. The van der Waals surface area contributed by atoms with E-state index >= 15 is 0 Å². The Kier molecular flexibility index (Phi) is 25.9. The van der Waals surface area contributed by atoms with Gasteiger partial charge in [0.05, 0.1) is 18.8 Å². The average molecular weight is 929 g/mol. The summed E-state index contributed by atoms with van der Waals surface area (Å²) in [7, 11) is 0. The van der Waals surface area contributed by atoms with E-state index in [1.807, 2.05) is 0 Å². The van der Waals surface area contributed by atoms with E-state index in [9.17, 15) is 58.2 Å². The number of hydrogen-bond donors (Lipinski definition) is 15. The van der Waals surface area contributed by atoms with Crippen molar-refractivity contribution >= 4 is 71.9 Å². The molecular formula is C38H64N12O13S. The fraction of sp³-hybridized carbons (Fsp3) is 0.658. The van der Waals surface area contributed by atoms with E-state index in [1.54, 1.807) is 13.8 Å². The molecule has 0 aliphatic rings. The maximum atomic E-state index is 13.7. The zero-order valence-corrected chi connectivity index (χ0v) is 37.0. The number of amides is 7. The summed E-state index contributed by atoms with van der Waals surface area (Å²) in [6.07, 6.45) is 2.62. The molecule has 1 rings (SSSR count). The highest BCUT2D eigenvalue weighted by molar-refractivity contribution is 7.80. The van der Waals surface area contributed by atoms with Crippen LogP contribution >= 0.6 is 12.6 Å². The van der Waals surface area contributed by atoms with E-state index < -0.39 is 133 Å². The first-order valence-corrected chi connectivity index (χ1v) is 21.3.